The summed E-state index contributed by atoms with van der Waals surface area (Å²) in [5, 5.41) is 0. The zero-order valence-electron chi connectivity index (χ0n) is 26.4. The van der Waals surface area contributed by atoms with Crippen molar-refractivity contribution < 1.29 is 28.5 Å². The fourth-order valence-electron chi connectivity index (χ4n) is 5.11. The third-order valence-corrected chi connectivity index (χ3v) is 7.77. The van der Waals surface area contributed by atoms with Gasteiger partial charge in [-0.2, -0.15) is 0 Å². The molecule has 0 bridgehead atoms. The number of hydrogen-bond donors (Lipinski definition) is 0. The lowest BCUT2D eigenvalue weighted by atomic mass is 9.95. The molecule has 1 aliphatic rings. The summed E-state index contributed by atoms with van der Waals surface area (Å²) in [4.78, 5) is 32.6. The van der Waals surface area contributed by atoms with Crippen LogP contribution in [0.15, 0.2) is 64.0 Å². The minimum atomic E-state index is -0.787. The third-order valence-electron chi connectivity index (χ3n) is 6.79. The minimum absolute atomic E-state index is 0.0671. The Bertz CT molecular complexity index is 1750. The second-order valence-electron chi connectivity index (χ2n) is 10.2. The minimum Gasteiger partial charge on any atom is -0.493 e. The lowest BCUT2D eigenvalue weighted by molar-refractivity contribution is -0.139. The molecule has 234 valence electrons. The summed E-state index contributed by atoms with van der Waals surface area (Å²) < 4.78 is 30.8. The number of allylic oxidation sites excluding steroid dienone is 2. The molecule has 0 spiro atoms. The number of benzene rings is 2. The predicted molar refractivity (Wildman–Crippen MR) is 172 cm³/mol. The molecule has 0 saturated carbocycles. The van der Waals surface area contributed by atoms with Crippen molar-refractivity contribution in [2.75, 3.05) is 26.9 Å². The molecular formula is C34H40N2O7S. The van der Waals surface area contributed by atoms with Crippen LogP contribution in [-0.4, -0.2) is 43.6 Å². The fraction of sp³-hybridized carbons (Fsp3) is 0.382. The number of aromatic nitrogens is 1. The Labute approximate surface area is 261 Å². The van der Waals surface area contributed by atoms with Crippen LogP contribution in [0.4, 0.5) is 0 Å². The van der Waals surface area contributed by atoms with Crippen LogP contribution < -0.4 is 33.8 Å². The normalized spacial score (nSPS) is 14.6. The van der Waals surface area contributed by atoms with Crippen LogP contribution >= 0.6 is 11.3 Å². The van der Waals surface area contributed by atoms with Crippen molar-refractivity contribution >= 4 is 23.4 Å². The molecule has 0 N–H and O–H groups in total. The highest BCUT2D eigenvalue weighted by Crippen LogP contribution is 2.37. The van der Waals surface area contributed by atoms with E-state index in [0.717, 1.165) is 11.1 Å². The molecule has 44 heavy (non-hydrogen) atoms. The van der Waals surface area contributed by atoms with E-state index in [1.165, 1.54) is 11.3 Å². The number of thiazole rings is 1. The molecule has 0 radical (unpaired) electrons. The largest absolute Gasteiger partial charge is 0.493 e. The van der Waals surface area contributed by atoms with E-state index in [9.17, 15) is 9.59 Å². The molecule has 2 aromatic carbocycles. The number of hydrogen-bond acceptors (Lipinski definition) is 9. The number of nitrogens with zero attached hydrogens (tertiary/aromatic N) is 2. The summed E-state index contributed by atoms with van der Waals surface area (Å²) in [5.41, 5.74) is 2.83. The molecular weight excluding hydrogens is 580 g/mol. The molecule has 9 nitrogen and oxygen atoms in total. The standard InChI is InChI=1S/C34H40N2O7S/c1-9-13-24-16-22(17-27(40-10-2)31(24)41-11-3)18-28-32(37)36-30(23-14-15-25(43-20(5)6)26(19-23)39-8)29(33(38)42-12-4)21(7)35-34(36)44-28/h9,14-20,30H,1,10-13H2,2-8H3/b28-18-/t30-/m1/s1. The second-order valence-corrected chi connectivity index (χ2v) is 11.3. The maximum Gasteiger partial charge on any atom is 0.338 e. The maximum absolute atomic E-state index is 14.2. The highest BCUT2D eigenvalue weighted by molar-refractivity contribution is 7.07. The van der Waals surface area contributed by atoms with Gasteiger partial charge in [-0.05, 0) is 89.4 Å². The number of carbonyl (C=O) groups is 1. The van der Waals surface area contributed by atoms with Crippen molar-refractivity contribution in [3.05, 3.63) is 90.6 Å². The first-order valence-electron chi connectivity index (χ1n) is 14.7. The van der Waals surface area contributed by atoms with E-state index >= 15 is 0 Å². The molecule has 2 heterocycles. The van der Waals surface area contributed by atoms with E-state index in [2.05, 4.69) is 11.6 Å². The smallest absolute Gasteiger partial charge is 0.338 e. The van der Waals surface area contributed by atoms with E-state index in [1.54, 1.807) is 43.7 Å². The second kappa shape index (κ2) is 14.4. The summed E-state index contributed by atoms with van der Waals surface area (Å²) in [6, 6.07) is 8.47. The number of rotatable bonds is 13. The van der Waals surface area contributed by atoms with Crippen LogP contribution in [0.25, 0.3) is 6.08 Å². The monoisotopic (exact) mass is 620 g/mol. The van der Waals surface area contributed by atoms with Crippen LogP contribution in [-0.2, 0) is 16.0 Å². The average molecular weight is 621 g/mol. The SMILES string of the molecule is C=CCc1cc(/C=c2\sc3n(c2=O)[C@H](c2ccc(OC(C)C)c(OC)c2)C(C(=O)OCC)=C(C)N=3)cc(OCC)c1OCC. The Hall–Kier alpha value is -4.31. The molecule has 0 aliphatic carbocycles. The third kappa shape index (κ3) is 6.75. The van der Waals surface area contributed by atoms with Gasteiger partial charge in [-0.25, -0.2) is 9.79 Å². The predicted octanol–water partition coefficient (Wildman–Crippen LogP) is 5.12. The molecule has 1 aliphatic heterocycles. The summed E-state index contributed by atoms with van der Waals surface area (Å²) in [7, 11) is 1.55. The fourth-order valence-corrected chi connectivity index (χ4v) is 6.16. The van der Waals surface area contributed by atoms with Gasteiger partial charge in [0.25, 0.3) is 5.56 Å². The molecule has 4 rings (SSSR count). The maximum atomic E-state index is 14.2. The Morgan fingerprint density at radius 1 is 1.07 bits per heavy atom. The molecule has 10 heteroatoms. The molecule has 1 aromatic heterocycles. The Balaban J connectivity index is 1.95. The van der Waals surface area contributed by atoms with Gasteiger partial charge in [0, 0.05) is 5.56 Å². The van der Waals surface area contributed by atoms with Crippen molar-refractivity contribution in [1.82, 2.24) is 4.57 Å². The molecule has 0 unspecified atom stereocenters. The van der Waals surface area contributed by atoms with E-state index in [4.69, 9.17) is 23.7 Å². The Kier molecular flexibility index (Phi) is 10.7. The number of ether oxygens (including phenoxy) is 5. The van der Waals surface area contributed by atoms with Crippen LogP contribution in [0.2, 0.25) is 0 Å². The van der Waals surface area contributed by atoms with Gasteiger partial charge in [0.15, 0.2) is 27.8 Å². The van der Waals surface area contributed by atoms with E-state index < -0.39 is 12.0 Å². The molecule has 0 fully saturated rings. The first kappa shape index (κ1) is 32.6. The van der Waals surface area contributed by atoms with Crippen LogP contribution in [0.3, 0.4) is 0 Å². The summed E-state index contributed by atoms with van der Waals surface area (Å²) in [5.74, 6) is 1.79. The first-order chi connectivity index (χ1) is 21.2. The lowest BCUT2D eigenvalue weighted by Gasteiger charge is -2.25. The van der Waals surface area contributed by atoms with Gasteiger partial charge in [0.05, 0.1) is 54.9 Å². The summed E-state index contributed by atoms with van der Waals surface area (Å²) >= 11 is 1.25. The zero-order chi connectivity index (χ0) is 32.0. The number of fused-ring (bicyclic) bond motifs is 1. The highest BCUT2D eigenvalue weighted by Gasteiger charge is 2.34. The van der Waals surface area contributed by atoms with E-state index in [1.807, 2.05) is 52.0 Å². The Morgan fingerprint density at radius 2 is 1.82 bits per heavy atom. The van der Waals surface area contributed by atoms with Gasteiger partial charge < -0.3 is 23.7 Å². The zero-order valence-corrected chi connectivity index (χ0v) is 27.2. The van der Waals surface area contributed by atoms with E-state index in [0.29, 0.717) is 68.8 Å². The van der Waals surface area contributed by atoms with Gasteiger partial charge in [0.1, 0.15) is 0 Å². The van der Waals surface area contributed by atoms with Crippen molar-refractivity contribution in [1.29, 1.82) is 0 Å². The van der Waals surface area contributed by atoms with Crippen LogP contribution in [0.5, 0.6) is 23.0 Å². The van der Waals surface area contributed by atoms with Crippen molar-refractivity contribution in [3.8, 4) is 23.0 Å². The van der Waals surface area contributed by atoms with Gasteiger partial charge in [0.2, 0.25) is 0 Å². The average Bonchev–Trinajstić information content (AvgIpc) is 3.28. The van der Waals surface area contributed by atoms with Crippen LogP contribution in [0.1, 0.15) is 64.3 Å². The van der Waals surface area contributed by atoms with Gasteiger partial charge in [-0.3, -0.25) is 9.36 Å². The molecule has 0 saturated heterocycles. The number of esters is 1. The summed E-state index contributed by atoms with van der Waals surface area (Å²) in [6.07, 6.45) is 4.12. The molecule has 3 aromatic rings. The summed E-state index contributed by atoms with van der Waals surface area (Å²) in [6.45, 7) is 16.2. The lowest BCUT2D eigenvalue weighted by Crippen LogP contribution is -2.40. The molecule has 1 atom stereocenters. The van der Waals surface area contributed by atoms with Crippen molar-refractivity contribution in [2.24, 2.45) is 4.99 Å². The topological polar surface area (TPSA) is 97.6 Å². The number of carbonyl (C=O) groups excluding carboxylic acids is 1. The first-order valence-corrected chi connectivity index (χ1v) is 15.6. The Morgan fingerprint density at radius 3 is 2.45 bits per heavy atom. The van der Waals surface area contributed by atoms with Crippen molar-refractivity contribution in [2.45, 2.75) is 60.1 Å². The van der Waals surface area contributed by atoms with Gasteiger partial charge in [-0.1, -0.05) is 23.5 Å². The van der Waals surface area contributed by atoms with Gasteiger partial charge >= 0.3 is 5.97 Å². The van der Waals surface area contributed by atoms with Crippen LogP contribution in [0, 0.1) is 0 Å². The highest BCUT2D eigenvalue weighted by atomic mass is 32.1. The molecule has 0 amide bonds. The van der Waals surface area contributed by atoms with Gasteiger partial charge in [-0.15, -0.1) is 6.58 Å². The number of methoxy groups -OCH3 is 1. The van der Waals surface area contributed by atoms with E-state index in [-0.39, 0.29) is 18.3 Å². The quantitative estimate of drug-likeness (QED) is 0.193. The van der Waals surface area contributed by atoms with Crippen molar-refractivity contribution in [3.63, 3.8) is 0 Å².